The Morgan fingerprint density at radius 1 is 1.38 bits per heavy atom. The average Bonchev–Trinajstić information content (AvgIpc) is 2.75. The molecule has 0 bridgehead atoms. The normalized spacial score (nSPS) is 11.5. The maximum Gasteiger partial charge on any atom is 0.328 e. The second-order valence-electron chi connectivity index (χ2n) is 6.60. The zero-order valence-electron chi connectivity index (χ0n) is 14.4. The van der Waals surface area contributed by atoms with Crippen molar-refractivity contribution in [1.82, 2.24) is 9.78 Å². The molecule has 1 aromatic carbocycles. The zero-order chi connectivity index (χ0) is 18.1. The molecule has 0 amide bonds. The highest BCUT2D eigenvalue weighted by Gasteiger charge is 2.22. The van der Waals surface area contributed by atoms with Crippen LogP contribution in [0.5, 0.6) is 0 Å². The summed E-state index contributed by atoms with van der Waals surface area (Å²) >= 11 is 3.46. The molecule has 0 aliphatic rings. The van der Waals surface area contributed by atoms with Crippen molar-refractivity contribution < 1.29 is 14.3 Å². The number of benzene rings is 1. The van der Waals surface area contributed by atoms with E-state index in [0.717, 1.165) is 20.9 Å². The van der Waals surface area contributed by atoms with Crippen LogP contribution in [0.4, 0.5) is 0 Å². The second-order valence-corrected chi connectivity index (χ2v) is 7.52. The van der Waals surface area contributed by atoms with E-state index in [1.54, 1.807) is 10.8 Å². The molecule has 0 saturated heterocycles. The number of carbonyl (C=O) groups is 2. The van der Waals surface area contributed by atoms with Crippen molar-refractivity contribution in [2.24, 2.45) is 0 Å². The van der Waals surface area contributed by atoms with Gasteiger partial charge in [-0.3, -0.25) is 14.3 Å². The van der Waals surface area contributed by atoms with E-state index in [2.05, 4.69) is 27.6 Å². The van der Waals surface area contributed by atoms with Crippen LogP contribution in [0.15, 0.2) is 29.3 Å². The van der Waals surface area contributed by atoms with Crippen LogP contribution in [0.25, 0.3) is 10.9 Å². The van der Waals surface area contributed by atoms with Crippen LogP contribution in [0.1, 0.15) is 43.7 Å². The van der Waals surface area contributed by atoms with Crippen molar-refractivity contribution in [1.29, 1.82) is 0 Å². The molecule has 0 aliphatic heterocycles. The van der Waals surface area contributed by atoms with E-state index in [-0.39, 0.29) is 12.3 Å². The Hall–Kier alpha value is -1.95. The van der Waals surface area contributed by atoms with Gasteiger partial charge >= 0.3 is 5.97 Å². The van der Waals surface area contributed by atoms with Crippen molar-refractivity contribution in [3.8, 4) is 0 Å². The summed E-state index contributed by atoms with van der Waals surface area (Å²) in [6.07, 6.45) is 2.38. The van der Waals surface area contributed by atoms with Crippen molar-refractivity contribution in [2.75, 3.05) is 0 Å². The van der Waals surface area contributed by atoms with Crippen molar-refractivity contribution >= 4 is 38.6 Å². The molecule has 0 atom stereocenters. The molecule has 0 aliphatic carbocycles. The van der Waals surface area contributed by atoms with Gasteiger partial charge < -0.3 is 4.74 Å². The highest BCUT2D eigenvalue weighted by molar-refractivity contribution is 9.10. The summed E-state index contributed by atoms with van der Waals surface area (Å²) in [5.41, 5.74) is 1.48. The Kier molecular flexibility index (Phi) is 5.28. The first kappa shape index (κ1) is 18.4. The van der Waals surface area contributed by atoms with Gasteiger partial charge in [0.25, 0.3) is 0 Å². The first-order chi connectivity index (χ1) is 11.1. The van der Waals surface area contributed by atoms with Gasteiger partial charge in [0, 0.05) is 16.8 Å². The third-order valence-electron chi connectivity index (χ3n) is 3.28. The van der Waals surface area contributed by atoms with E-state index in [0.29, 0.717) is 12.1 Å². The summed E-state index contributed by atoms with van der Waals surface area (Å²) in [6.45, 7) is 10.6. The Morgan fingerprint density at radius 2 is 2.04 bits per heavy atom. The van der Waals surface area contributed by atoms with E-state index in [1.165, 1.54) is 6.92 Å². The van der Waals surface area contributed by atoms with Gasteiger partial charge in [0.05, 0.1) is 5.52 Å². The molecule has 0 spiro atoms. The molecule has 0 fully saturated rings. The largest absolute Gasteiger partial charge is 0.459 e. The number of nitrogens with zero attached hydrogens (tertiary/aromatic N) is 2. The van der Waals surface area contributed by atoms with Gasteiger partial charge in [-0.25, -0.2) is 0 Å². The van der Waals surface area contributed by atoms with E-state index in [4.69, 9.17) is 4.74 Å². The van der Waals surface area contributed by atoms with Gasteiger partial charge in [0.15, 0.2) is 5.78 Å². The number of halogens is 1. The fourth-order valence-corrected chi connectivity index (χ4v) is 3.05. The quantitative estimate of drug-likeness (QED) is 0.437. The van der Waals surface area contributed by atoms with Crippen LogP contribution < -0.4 is 0 Å². The predicted octanol–water partition coefficient (Wildman–Crippen LogP) is 4.07. The van der Waals surface area contributed by atoms with Crippen LogP contribution >= 0.6 is 15.9 Å². The number of carbonyl (C=O) groups excluding carboxylic acids is 2. The molecule has 0 radical (unpaired) electrons. The molecule has 5 nitrogen and oxygen atoms in total. The first-order valence-corrected chi connectivity index (χ1v) is 8.44. The lowest BCUT2D eigenvalue weighted by Crippen LogP contribution is -2.27. The highest BCUT2D eigenvalue weighted by atomic mass is 79.9. The molecule has 0 saturated carbocycles. The molecule has 1 aromatic heterocycles. The van der Waals surface area contributed by atoms with Gasteiger partial charge in [-0.15, -0.1) is 6.58 Å². The number of esters is 1. The van der Waals surface area contributed by atoms with Gasteiger partial charge in [0.1, 0.15) is 17.8 Å². The molecule has 1 heterocycles. The molecule has 24 heavy (non-hydrogen) atoms. The molecule has 128 valence electrons. The fraction of sp³-hybridized carbons (Fsp3) is 0.389. The topological polar surface area (TPSA) is 61.2 Å². The minimum atomic E-state index is -0.573. The standard InChI is InChI=1S/C18H21BrN2O3/c1-6-7-12-8-13(19)9-14-16(11(2)22)20-21(17(12)14)10-15(23)24-18(3,4)5/h6,8-9H,1,7,10H2,2-5H3. The molecular weight excluding hydrogens is 372 g/mol. The minimum Gasteiger partial charge on any atom is -0.459 e. The molecule has 2 aromatic rings. The minimum absolute atomic E-state index is 0.0488. The summed E-state index contributed by atoms with van der Waals surface area (Å²) in [5, 5.41) is 5.07. The van der Waals surface area contributed by atoms with Crippen molar-refractivity contribution in [3.63, 3.8) is 0 Å². The highest BCUT2D eigenvalue weighted by Crippen LogP contribution is 2.28. The molecular formula is C18H21BrN2O3. The summed E-state index contributed by atoms with van der Waals surface area (Å²) in [4.78, 5) is 24.1. The van der Waals surface area contributed by atoms with Crippen LogP contribution in [0, 0.1) is 0 Å². The van der Waals surface area contributed by atoms with Crippen molar-refractivity contribution in [2.45, 2.75) is 46.3 Å². The summed E-state index contributed by atoms with van der Waals surface area (Å²) in [6, 6.07) is 3.79. The monoisotopic (exact) mass is 392 g/mol. The summed E-state index contributed by atoms with van der Waals surface area (Å²) in [5.74, 6) is -0.542. The number of ether oxygens (including phenoxy) is 1. The van der Waals surface area contributed by atoms with E-state index in [1.807, 2.05) is 32.9 Å². The molecule has 2 rings (SSSR count). The first-order valence-electron chi connectivity index (χ1n) is 7.65. The van der Waals surface area contributed by atoms with Gasteiger partial charge in [-0.2, -0.15) is 5.10 Å². The van der Waals surface area contributed by atoms with Crippen molar-refractivity contribution in [3.05, 3.63) is 40.5 Å². The Balaban J connectivity index is 2.58. The number of ketones is 1. The zero-order valence-corrected chi connectivity index (χ0v) is 15.9. The van der Waals surface area contributed by atoms with E-state index >= 15 is 0 Å². The fourth-order valence-electron chi connectivity index (χ4n) is 2.55. The Morgan fingerprint density at radius 3 is 2.58 bits per heavy atom. The number of Topliss-reactive ketones (excluding diaryl/α,β-unsaturated/α-hetero) is 1. The Labute approximate surface area is 149 Å². The van der Waals surface area contributed by atoms with Gasteiger partial charge in [0.2, 0.25) is 0 Å². The number of rotatable bonds is 5. The molecule has 0 unspecified atom stereocenters. The van der Waals surface area contributed by atoms with Gasteiger partial charge in [-0.05, 0) is 44.9 Å². The lowest BCUT2D eigenvalue weighted by atomic mass is 10.1. The van der Waals surface area contributed by atoms with Gasteiger partial charge in [-0.1, -0.05) is 22.0 Å². The average molecular weight is 393 g/mol. The lowest BCUT2D eigenvalue weighted by molar-refractivity contribution is -0.155. The lowest BCUT2D eigenvalue weighted by Gasteiger charge is -2.19. The van der Waals surface area contributed by atoms with Crippen LogP contribution in [0.2, 0.25) is 0 Å². The molecule has 0 N–H and O–H groups in total. The van der Waals surface area contributed by atoms with E-state index < -0.39 is 11.6 Å². The second kappa shape index (κ2) is 6.89. The number of hydrogen-bond donors (Lipinski definition) is 0. The van der Waals surface area contributed by atoms with Crippen LogP contribution in [-0.2, 0) is 22.5 Å². The SMILES string of the molecule is C=CCc1cc(Br)cc2c(C(C)=O)nn(CC(=O)OC(C)(C)C)c12. The van der Waals surface area contributed by atoms with Crippen LogP contribution in [0.3, 0.4) is 0 Å². The van der Waals surface area contributed by atoms with E-state index in [9.17, 15) is 9.59 Å². The maximum absolute atomic E-state index is 12.2. The number of aromatic nitrogens is 2. The third-order valence-corrected chi connectivity index (χ3v) is 3.74. The predicted molar refractivity (Wildman–Crippen MR) is 97.2 cm³/mol. The number of fused-ring (bicyclic) bond motifs is 1. The summed E-state index contributed by atoms with van der Waals surface area (Å²) in [7, 11) is 0. The molecule has 6 heteroatoms. The Bertz CT molecular complexity index is 816. The number of allylic oxidation sites excluding steroid dienone is 1. The summed E-state index contributed by atoms with van der Waals surface area (Å²) < 4.78 is 7.77. The smallest absolute Gasteiger partial charge is 0.328 e. The van der Waals surface area contributed by atoms with Crippen LogP contribution in [-0.4, -0.2) is 27.1 Å². The maximum atomic E-state index is 12.2. The number of hydrogen-bond acceptors (Lipinski definition) is 4. The third kappa shape index (κ3) is 4.12.